The molecule has 0 aromatic carbocycles. The fourth-order valence-electron chi connectivity index (χ4n) is 3.56. The third-order valence-corrected chi connectivity index (χ3v) is 5.63. The predicted molar refractivity (Wildman–Crippen MR) is 102 cm³/mol. The summed E-state index contributed by atoms with van der Waals surface area (Å²) in [7, 11) is 0. The molecule has 136 valence electrons. The van der Waals surface area contributed by atoms with Gasteiger partial charge < -0.3 is 20.1 Å². The van der Waals surface area contributed by atoms with E-state index in [1.165, 1.54) is 0 Å². The van der Waals surface area contributed by atoms with Crippen molar-refractivity contribution in [3.63, 3.8) is 0 Å². The van der Waals surface area contributed by atoms with Crippen LogP contribution in [-0.2, 0) is 11.3 Å². The smallest absolute Gasteiger partial charge is 0.250 e. The molecule has 6 nitrogen and oxygen atoms in total. The normalized spacial score (nSPS) is 23.4. The molecular formula is C15H17Cl3N4O2S. The minimum absolute atomic E-state index is 0.0350. The molecule has 2 aliphatic rings. The number of nitrogens with zero attached hydrogens (tertiary/aromatic N) is 2. The number of fused-ring (bicyclic) bond motifs is 4. The Balaban J connectivity index is 1.75. The number of nitrogens with one attached hydrogen (secondary N) is 2. The average molecular weight is 424 g/mol. The zero-order valence-corrected chi connectivity index (χ0v) is 16.2. The Morgan fingerprint density at radius 2 is 2.08 bits per heavy atom. The van der Waals surface area contributed by atoms with Crippen LogP contribution in [-0.4, -0.2) is 44.0 Å². The van der Waals surface area contributed by atoms with Gasteiger partial charge in [-0.25, -0.2) is 0 Å². The molecular weight excluding hydrogens is 407 g/mol. The van der Waals surface area contributed by atoms with Crippen molar-refractivity contribution in [3.05, 3.63) is 34.2 Å². The number of hydrogen-bond donors (Lipinski definition) is 2. The van der Waals surface area contributed by atoms with Crippen LogP contribution in [0, 0.1) is 5.92 Å². The van der Waals surface area contributed by atoms with Crippen molar-refractivity contribution in [2.45, 2.75) is 28.8 Å². The molecule has 0 saturated carbocycles. The number of piperidine rings is 1. The number of pyridine rings is 1. The van der Waals surface area contributed by atoms with E-state index >= 15 is 0 Å². The highest BCUT2D eigenvalue weighted by Gasteiger charge is 2.38. The molecule has 1 aromatic heterocycles. The van der Waals surface area contributed by atoms with Gasteiger partial charge in [0.2, 0.25) is 10.2 Å². The maximum absolute atomic E-state index is 12.1. The van der Waals surface area contributed by atoms with Crippen molar-refractivity contribution in [1.29, 1.82) is 0 Å². The van der Waals surface area contributed by atoms with Crippen LogP contribution in [0.15, 0.2) is 23.0 Å². The van der Waals surface area contributed by atoms with E-state index in [2.05, 4.69) is 10.6 Å². The molecule has 25 heavy (non-hydrogen) atoms. The van der Waals surface area contributed by atoms with Gasteiger partial charge in [0.05, 0.1) is 0 Å². The van der Waals surface area contributed by atoms with E-state index in [4.69, 9.17) is 47.0 Å². The van der Waals surface area contributed by atoms with Gasteiger partial charge in [-0.2, -0.15) is 0 Å². The lowest BCUT2D eigenvalue weighted by Gasteiger charge is -2.44. The standard InChI is InChI=1S/C15H17Cl3N4O2S/c16-15(17,18)13(19-8-23)20-14(25)21-5-9-4-10(7-21)11-2-1-3-12(24)22(11)6-9/h1-3,8-10,13H,4-7H2,(H,19,23)(H,20,25). The van der Waals surface area contributed by atoms with Gasteiger partial charge in [-0.1, -0.05) is 40.9 Å². The maximum Gasteiger partial charge on any atom is 0.250 e. The van der Waals surface area contributed by atoms with Crippen molar-refractivity contribution < 1.29 is 4.79 Å². The summed E-state index contributed by atoms with van der Waals surface area (Å²) in [5, 5.41) is 5.73. The monoisotopic (exact) mass is 422 g/mol. The van der Waals surface area contributed by atoms with E-state index in [1.54, 1.807) is 12.1 Å². The second kappa shape index (κ2) is 7.31. The van der Waals surface area contributed by atoms with Crippen LogP contribution >= 0.6 is 47.0 Å². The molecule has 3 rings (SSSR count). The molecule has 1 amide bonds. The number of thiocarbonyl (C=S) groups is 1. The molecule has 1 saturated heterocycles. The van der Waals surface area contributed by atoms with Crippen LogP contribution in [0.4, 0.5) is 0 Å². The minimum Gasteiger partial charge on any atom is -0.348 e. The van der Waals surface area contributed by atoms with Crippen molar-refractivity contribution in [3.8, 4) is 0 Å². The van der Waals surface area contributed by atoms with E-state index in [0.717, 1.165) is 12.1 Å². The molecule has 2 aliphatic heterocycles. The van der Waals surface area contributed by atoms with Gasteiger partial charge in [-0.15, -0.1) is 0 Å². The van der Waals surface area contributed by atoms with Crippen LogP contribution < -0.4 is 16.2 Å². The quantitative estimate of drug-likeness (QED) is 0.334. The van der Waals surface area contributed by atoms with Gasteiger partial charge in [0.25, 0.3) is 5.56 Å². The third kappa shape index (κ3) is 4.05. The number of carbonyl (C=O) groups excluding carboxylic acids is 1. The van der Waals surface area contributed by atoms with Gasteiger partial charge in [-0.05, 0) is 30.6 Å². The lowest BCUT2D eigenvalue weighted by atomic mass is 9.83. The topological polar surface area (TPSA) is 66.4 Å². The molecule has 0 spiro atoms. The lowest BCUT2D eigenvalue weighted by molar-refractivity contribution is -0.110. The number of carbonyl (C=O) groups is 1. The van der Waals surface area contributed by atoms with Gasteiger partial charge in [0.1, 0.15) is 6.17 Å². The molecule has 10 heteroatoms. The first kappa shape index (κ1) is 18.8. The van der Waals surface area contributed by atoms with Crippen molar-refractivity contribution >= 4 is 58.5 Å². The summed E-state index contributed by atoms with van der Waals surface area (Å²) in [6.45, 7) is 2.04. The Labute approximate surface area is 165 Å². The fraction of sp³-hybridized carbons (Fsp3) is 0.533. The van der Waals surface area contributed by atoms with E-state index in [0.29, 0.717) is 37.1 Å². The number of amides is 1. The molecule has 1 fully saturated rings. The van der Waals surface area contributed by atoms with E-state index in [9.17, 15) is 9.59 Å². The second-order valence-corrected chi connectivity index (χ2v) is 9.07. The summed E-state index contributed by atoms with van der Waals surface area (Å²) < 4.78 is 0.112. The van der Waals surface area contributed by atoms with Crippen LogP contribution in [0.2, 0.25) is 0 Å². The van der Waals surface area contributed by atoms with E-state index < -0.39 is 9.96 Å². The van der Waals surface area contributed by atoms with Crippen LogP contribution in [0.3, 0.4) is 0 Å². The second-order valence-electron chi connectivity index (χ2n) is 6.31. The molecule has 3 atom stereocenters. The van der Waals surface area contributed by atoms with E-state index in [1.807, 2.05) is 15.5 Å². The lowest BCUT2D eigenvalue weighted by Crippen LogP contribution is -2.58. The Kier molecular flexibility index (Phi) is 5.48. The largest absolute Gasteiger partial charge is 0.348 e. The number of rotatable bonds is 3. The number of likely N-dealkylation sites (tertiary alicyclic amines) is 1. The van der Waals surface area contributed by atoms with Crippen LogP contribution in [0.25, 0.3) is 0 Å². The highest BCUT2D eigenvalue weighted by atomic mass is 35.6. The molecule has 2 bridgehead atoms. The van der Waals surface area contributed by atoms with Crippen molar-refractivity contribution in [2.24, 2.45) is 5.92 Å². The fourth-order valence-corrected chi connectivity index (χ4v) is 4.18. The van der Waals surface area contributed by atoms with E-state index in [-0.39, 0.29) is 11.5 Å². The highest BCUT2D eigenvalue weighted by molar-refractivity contribution is 7.80. The summed E-state index contributed by atoms with van der Waals surface area (Å²) in [6, 6.07) is 5.36. The zero-order valence-electron chi connectivity index (χ0n) is 13.1. The summed E-state index contributed by atoms with van der Waals surface area (Å²) >= 11 is 23.1. The third-order valence-electron chi connectivity index (χ3n) is 4.60. The molecule has 1 aromatic rings. The van der Waals surface area contributed by atoms with Crippen LogP contribution in [0.1, 0.15) is 18.0 Å². The zero-order chi connectivity index (χ0) is 18.2. The summed E-state index contributed by atoms with van der Waals surface area (Å²) in [5.74, 6) is 0.530. The molecule has 0 radical (unpaired) electrons. The maximum atomic E-state index is 12.1. The number of halogens is 3. The molecule has 2 N–H and O–H groups in total. The van der Waals surface area contributed by atoms with Crippen molar-refractivity contribution in [1.82, 2.24) is 20.1 Å². The van der Waals surface area contributed by atoms with Gasteiger partial charge in [0.15, 0.2) is 5.11 Å². The SMILES string of the molecule is O=CNC(NC(=S)N1CC2CC(C1)c1cccc(=O)n1C2)C(Cl)(Cl)Cl. The van der Waals surface area contributed by atoms with Crippen LogP contribution in [0.5, 0.6) is 0 Å². The summed E-state index contributed by atoms with van der Waals surface area (Å²) in [4.78, 5) is 24.8. The number of aromatic nitrogens is 1. The molecule has 0 aliphatic carbocycles. The van der Waals surface area contributed by atoms with Gasteiger partial charge in [-0.3, -0.25) is 9.59 Å². The summed E-state index contributed by atoms with van der Waals surface area (Å²) in [5.41, 5.74) is 1.06. The van der Waals surface area contributed by atoms with Crippen molar-refractivity contribution in [2.75, 3.05) is 13.1 Å². The molecule has 3 unspecified atom stereocenters. The molecule has 3 heterocycles. The number of alkyl halides is 3. The Morgan fingerprint density at radius 3 is 2.76 bits per heavy atom. The highest BCUT2D eigenvalue weighted by Crippen LogP contribution is 2.35. The first-order valence-electron chi connectivity index (χ1n) is 7.81. The Hall–Kier alpha value is -1.02. The first-order valence-corrected chi connectivity index (χ1v) is 9.35. The Morgan fingerprint density at radius 1 is 1.32 bits per heavy atom. The number of hydrogen-bond acceptors (Lipinski definition) is 3. The van der Waals surface area contributed by atoms with Gasteiger partial charge in [0, 0.05) is 37.3 Å². The predicted octanol–water partition coefficient (Wildman–Crippen LogP) is 1.58. The first-order chi connectivity index (χ1) is 11.8. The average Bonchev–Trinajstić information content (AvgIpc) is 2.54. The Bertz CT molecular complexity index is 736. The minimum atomic E-state index is -1.74. The summed E-state index contributed by atoms with van der Waals surface area (Å²) in [6.07, 6.45) is 0.540. The van der Waals surface area contributed by atoms with Gasteiger partial charge >= 0.3 is 0 Å².